The third-order valence-corrected chi connectivity index (χ3v) is 4.32. The third kappa shape index (κ3) is 2.87. The zero-order valence-electron chi connectivity index (χ0n) is 10.4. The van der Waals surface area contributed by atoms with E-state index in [1.54, 1.807) is 19.2 Å². The number of rotatable bonds is 4. The van der Waals surface area contributed by atoms with Crippen molar-refractivity contribution in [2.24, 2.45) is 0 Å². The third-order valence-electron chi connectivity index (χ3n) is 2.72. The summed E-state index contributed by atoms with van der Waals surface area (Å²) < 4.78 is 11.2. The predicted molar refractivity (Wildman–Crippen MR) is 75.7 cm³/mol. The van der Waals surface area contributed by atoms with Crippen LogP contribution in [-0.4, -0.2) is 36.0 Å². The molecule has 0 bridgehead atoms. The Morgan fingerprint density at radius 3 is 2.42 bits per heavy atom. The lowest BCUT2D eigenvalue weighted by molar-refractivity contribution is -0.125. The van der Waals surface area contributed by atoms with Crippen LogP contribution in [0, 0.1) is 0 Å². The summed E-state index contributed by atoms with van der Waals surface area (Å²) >= 11 is 4.43. The number of hydrogen-bond donors (Lipinski definition) is 0. The maximum atomic E-state index is 11.6. The summed E-state index contributed by atoms with van der Waals surface area (Å²) in [7, 11) is 3.09. The topological polar surface area (TPSA) is 55.8 Å². The van der Waals surface area contributed by atoms with Crippen molar-refractivity contribution in [2.75, 3.05) is 20.0 Å². The van der Waals surface area contributed by atoms with Crippen LogP contribution >= 0.6 is 27.7 Å². The average molecular weight is 346 g/mol. The first kappa shape index (κ1) is 14.2. The first-order valence-corrected chi connectivity index (χ1v) is 7.22. The van der Waals surface area contributed by atoms with Crippen molar-refractivity contribution in [3.8, 4) is 11.5 Å². The molecule has 0 aliphatic carbocycles. The zero-order valence-corrected chi connectivity index (χ0v) is 12.8. The molecule has 2 rings (SSSR count). The van der Waals surface area contributed by atoms with Gasteiger partial charge in [0, 0.05) is 4.47 Å². The van der Waals surface area contributed by atoms with E-state index in [4.69, 9.17) is 9.47 Å². The molecule has 1 saturated heterocycles. The van der Waals surface area contributed by atoms with Crippen LogP contribution in [0.3, 0.4) is 0 Å². The second-order valence-corrected chi connectivity index (χ2v) is 5.61. The van der Waals surface area contributed by atoms with Crippen LogP contribution < -0.4 is 9.47 Å². The van der Waals surface area contributed by atoms with Gasteiger partial charge in [-0.15, -0.1) is 0 Å². The Labute approximate surface area is 123 Å². The van der Waals surface area contributed by atoms with Gasteiger partial charge in [0.25, 0.3) is 5.24 Å². The molecule has 7 heteroatoms. The van der Waals surface area contributed by atoms with Crippen molar-refractivity contribution in [2.45, 2.75) is 6.54 Å². The molecule has 1 heterocycles. The maximum Gasteiger partial charge on any atom is 0.289 e. The fourth-order valence-electron chi connectivity index (χ4n) is 1.72. The van der Waals surface area contributed by atoms with E-state index in [0.29, 0.717) is 11.5 Å². The molecule has 5 nitrogen and oxygen atoms in total. The van der Waals surface area contributed by atoms with E-state index in [9.17, 15) is 9.59 Å². The molecular formula is C12H12BrNO4S. The zero-order chi connectivity index (χ0) is 14.0. The minimum Gasteiger partial charge on any atom is -0.493 e. The van der Waals surface area contributed by atoms with Crippen LogP contribution in [0.5, 0.6) is 11.5 Å². The molecule has 1 aliphatic rings. The van der Waals surface area contributed by atoms with Gasteiger partial charge in [-0.05, 0) is 17.7 Å². The normalized spacial score (nSPS) is 15.0. The predicted octanol–water partition coefficient (Wildman–Crippen LogP) is 2.66. The minimum atomic E-state index is -0.216. The van der Waals surface area contributed by atoms with Crippen molar-refractivity contribution in [3.05, 3.63) is 22.2 Å². The molecule has 1 aliphatic heterocycles. The Morgan fingerprint density at radius 1 is 1.26 bits per heavy atom. The summed E-state index contributed by atoms with van der Waals surface area (Å²) in [6.45, 7) is 0.228. The fraction of sp³-hybridized carbons (Fsp3) is 0.333. The smallest absolute Gasteiger partial charge is 0.289 e. The van der Waals surface area contributed by atoms with Gasteiger partial charge < -0.3 is 9.47 Å². The SMILES string of the molecule is COc1cc(Br)c(CN2C(=O)CSC2=O)cc1OC. The largest absolute Gasteiger partial charge is 0.493 e. The number of benzene rings is 1. The number of imide groups is 1. The van der Waals surface area contributed by atoms with Crippen LogP contribution in [0.15, 0.2) is 16.6 Å². The summed E-state index contributed by atoms with van der Waals surface area (Å²) in [6.07, 6.45) is 0. The first-order chi connectivity index (χ1) is 9.06. The fourth-order valence-corrected chi connectivity index (χ4v) is 2.89. The number of carbonyl (C=O) groups excluding carboxylic acids is 2. The number of nitrogens with zero attached hydrogens (tertiary/aromatic N) is 1. The highest BCUT2D eigenvalue weighted by Gasteiger charge is 2.30. The van der Waals surface area contributed by atoms with Gasteiger partial charge in [0.1, 0.15) is 0 Å². The van der Waals surface area contributed by atoms with E-state index >= 15 is 0 Å². The number of amides is 2. The summed E-state index contributed by atoms with van der Waals surface area (Å²) in [5, 5.41) is -0.216. The quantitative estimate of drug-likeness (QED) is 0.839. The number of halogens is 1. The molecule has 102 valence electrons. The highest BCUT2D eigenvalue weighted by atomic mass is 79.9. The lowest BCUT2D eigenvalue weighted by Gasteiger charge is -2.16. The van der Waals surface area contributed by atoms with Crippen molar-refractivity contribution in [3.63, 3.8) is 0 Å². The molecular weight excluding hydrogens is 334 g/mol. The second kappa shape index (κ2) is 5.83. The van der Waals surface area contributed by atoms with Crippen LogP contribution in [0.4, 0.5) is 4.79 Å². The highest BCUT2D eigenvalue weighted by molar-refractivity contribution is 9.10. The number of carbonyl (C=O) groups is 2. The van der Waals surface area contributed by atoms with E-state index in [0.717, 1.165) is 21.8 Å². The van der Waals surface area contributed by atoms with Gasteiger partial charge in [-0.25, -0.2) is 0 Å². The molecule has 1 fully saturated rings. The Kier molecular flexibility index (Phi) is 4.36. The van der Waals surface area contributed by atoms with E-state index < -0.39 is 0 Å². The lowest BCUT2D eigenvalue weighted by atomic mass is 10.2. The molecule has 0 radical (unpaired) electrons. The monoisotopic (exact) mass is 345 g/mol. The molecule has 19 heavy (non-hydrogen) atoms. The van der Waals surface area contributed by atoms with Crippen molar-refractivity contribution in [1.82, 2.24) is 4.90 Å². The van der Waals surface area contributed by atoms with Gasteiger partial charge in [-0.1, -0.05) is 27.7 Å². The molecule has 2 amide bonds. The second-order valence-electron chi connectivity index (χ2n) is 3.83. The molecule has 0 N–H and O–H groups in total. The first-order valence-electron chi connectivity index (χ1n) is 5.44. The minimum absolute atomic E-state index is 0.170. The van der Waals surface area contributed by atoms with Gasteiger partial charge in [-0.3, -0.25) is 14.5 Å². The standard InChI is InChI=1S/C12H12BrNO4S/c1-17-9-3-7(8(13)4-10(9)18-2)5-14-11(15)6-19-12(14)16/h3-4H,5-6H2,1-2H3. The molecule has 0 unspecified atom stereocenters. The average Bonchev–Trinajstić information content (AvgIpc) is 2.72. The van der Waals surface area contributed by atoms with Crippen molar-refractivity contribution >= 4 is 38.8 Å². The van der Waals surface area contributed by atoms with Gasteiger partial charge >= 0.3 is 0 Å². The van der Waals surface area contributed by atoms with Crippen LogP contribution in [0.2, 0.25) is 0 Å². The van der Waals surface area contributed by atoms with Gasteiger partial charge in [0.15, 0.2) is 11.5 Å². The number of hydrogen-bond acceptors (Lipinski definition) is 5. The van der Waals surface area contributed by atoms with E-state index in [1.165, 1.54) is 12.0 Å². The molecule has 0 saturated carbocycles. The molecule has 1 aromatic carbocycles. The number of methoxy groups -OCH3 is 2. The van der Waals surface area contributed by atoms with Gasteiger partial charge in [0.05, 0.1) is 26.5 Å². The Bertz CT molecular complexity index is 519. The molecule has 0 spiro atoms. The summed E-state index contributed by atoms with van der Waals surface area (Å²) in [5.74, 6) is 1.19. The maximum absolute atomic E-state index is 11.6. The molecule has 0 atom stereocenters. The van der Waals surface area contributed by atoms with E-state index in [-0.39, 0.29) is 23.4 Å². The van der Waals surface area contributed by atoms with E-state index in [1.807, 2.05) is 0 Å². The van der Waals surface area contributed by atoms with Crippen LogP contribution in [0.1, 0.15) is 5.56 Å². The van der Waals surface area contributed by atoms with Gasteiger partial charge in [0.2, 0.25) is 5.91 Å². The van der Waals surface area contributed by atoms with Crippen molar-refractivity contribution in [1.29, 1.82) is 0 Å². The number of thioether (sulfide) groups is 1. The van der Waals surface area contributed by atoms with Crippen molar-refractivity contribution < 1.29 is 19.1 Å². The van der Waals surface area contributed by atoms with E-state index in [2.05, 4.69) is 15.9 Å². The Hall–Kier alpha value is -1.21. The van der Waals surface area contributed by atoms with Crippen LogP contribution in [-0.2, 0) is 11.3 Å². The highest BCUT2D eigenvalue weighted by Crippen LogP contribution is 2.34. The Morgan fingerprint density at radius 2 is 1.89 bits per heavy atom. The lowest BCUT2D eigenvalue weighted by Crippen LogP contribution is -2.28. The Balaban J connectivity index is 2.30. The summed E-state index contributed by atoms with van der Waals surface area (Å²) in [5.41, 5.74) is 0.793. The number of ether oxygens (including phenoxy) is 2. The van der Waals surface area contributed by atoms with Crippen LogP contribution in [0.25, 0.3) is 0 Å². The summed E-state index contributed by atoms with van der Waals surface area (Å²) in [4.78, 5) is 24.4. The molecule has 0 aromatic heterocycles. The molecule has 1 aromatic rings. The van der Waals surface area contributed by atoms with Gasteiger partial charge in [-0.2, -0.15) is 0 Å². The summed E-state index contributed by atoms with van der Waals surface area (Å²) in [6, 6.07) is 3.51.